The van der Waals surface area contributed by atoms with Gasteiger partial charge >= 0.3 is 0 Å². The van der Waals surface area contributed by atoms with Gasteiger partial charge in [-0.05, 0) is 18.6 Å². The third-order valence-corrected chi connectivity index (χ3v) is 2.96. The number of anilines is 1. The van der Waals surface area contributed by atoms with Gasteiger partial charge in [0, 0.05) is 18.0 Å². The summed E-state index contributed by atoms with van der Waals surface area (Å²) in [6, 6.07) is 9.92. The van der Waals surface area contributed by atoms with Crippen LogP contribution in [0.5, 0.6) is 11.5 Å². The molecule has 0 fully saturated rings. The first-order valence-corrected chi connectivity index (χ1v) is 6.11. The third kappa shape index (κ3) is 2.96. The van der Waals surface area contributed by atoms with Gasteiger partial charge in [-0.2, -0.15) is 0 Å². The Kier molecular flexibility index (Phi) is 4.23. The Bertz CT molecular complexity index is 556. The van der Waals surface area contributed by atoms with Crippen LogP contribution < -0.4 is 14.8 Å². The van der Waals surface area contributed by atoms with E-state index in [9.17, 15) is 0 Å². The molecule has 1 heterocycles. The van der Waals surface area contributed by atoms with Crippen LogP contribution in [0.25, 0.3) is 0 Å². The van der Waals surface area contributed by atoms with Gasteiger partial charge in [-0.15, -0.1) is 0 Å². The molecule has 0 amide bonds. The molecule has 0 saturated carbocycles. The average Bonchev–Trinajstić information content (AvgIpc) is 2.45. The van der Waals surface area contributed by atoms with Crippen molar-refractivity contribution in [2.75, 3.05) is 19.5 Å². The molecule has 0 spiro atoms. The van der Waals surface area contributed by atoms with Crippen molar-refractivity contribution in [2.24, 2.45) is 0 Å². The Morgan fingerprint density at radius 2 is 1.89 bits per heavy atom. The minimum atomic E-state index is 0.589. The van der Waals surface area contributed by atoms with Gasteiger partial charge in [-0.25, -0.2) is 0 Å². The van der Waals surface area contributed by atoms with Crippen molar-refractivity contribution in [3.63, 3.8) is 0 Å². The molecule has 1 N–H and O–H groups in total. The van der Waals surface area contributed by atoms with Gasteiger partial charge in [-0.1, -0.05) is 18.2 Å². The first-order valence-electron chi connectivity index (χ1n) is 6.11. The van der Waals surface area contributed by atoms with Crippen molar-refractivity contribution in [3.8, 4) is 11.5 Å². The van der Waals surface area contributed by atoms with E-state index in [1.54, 1.807) is 26.5 Å². The fraction of sp³-hybridized carbons (Fsp3) is 0.267. The summed E-state index contributed by atoms with van der Waals surface area (Å²) in [7, 11) is 3.24. The van der Waals surface area contributed by atoms with Crippen LogP contribution in [0.15, 0.2) is 36.5 Å². The topological polar surface area (TPSA) is 43.4 Å². The molecule has 0 radical (unpaired) electrons. The van der Waals surface area contributed by atoms with Crippen molar-refractivity contribution >= 4 is 5.69 Å². The van der Waals surface area contributed by atoms with E-state index in [1.807, 2.05) is 18.2 Å². The molecule has 0 atom stereocenters. The van der Waals surface area contributed by atoms with E-state index in [0.29, 0.717) is 18.0 Å². The highest BCUT2D eigenvalue weighted by atomic mass is 16.5. The molecule has 2 aromatic rings. The molecule has 0 aliphatic heterocycles. The zero-order valence-electron chi connectivity index (χ0n) is 11.4. The second-order valence-corrected chi connectivity index (χ2v) is 4.16. The normalized spacial score (nSPS) is 10.1. The molecule has 0 aliphatic carbocycles. The summed E-state index contributed by atoms with van der Waals surface area (Å²) in [5.41, 5.74) is 3.11. The second kappa shape index (κ2) is 6.09. The van der Waals surface area contributed by atoms with Gasteiger partial charge in [0.2, 0.25) is 0 Å². The summed E-state index contributed by atoms with van der Waals surface area (Å²) in [5.74, 6) is 1.37. The minimum absolute atomic E-state index is 0.589. The van der Waals surface area contributed by atoms with E-state index in [2.05, 4.69) is 23.3 Å². The number of ether oxygens (including phenoxy) is 2. The van der Waals surface area contributed by atoms with E-state index in [-0.39, 0.29) is 0 Å². The molecule has 0 aliphatic rings. The summed E-state index contributed by atoms with van der Waals surface area (Å²) in [5, 5.41) is 3.36. The molecule has 19 heavy (non-hydrogen) atoms. The summed E-state index contributed by atoms with van der Waals surface area (Å²) in [4.78, 5) is 4.34. The number of para-hydroxylation sites is 1. The number of aryl methyl sites for hydroxylation is 1. The van der Waals surface area contributed by atoms with Crippen LogP contribution in [0.2, 0.25) is 0 Å². The highest BCUT2D eigenvalue weighted by Gasteiger charge is 2.10. The van der Waals surface area contributed by atoms with Crippen molar-refractivity contribution in [1.29, 1.82) is 0 Å². The standard InChI is InChI=1S/C15H18N2O2/c1-11-6-4-5-7-12(11)17-10-13-15(19-3)14(18-2)8-9-16-13/h4-9,17H,10H2,1-3H3. The predicted octanol–water partition coefficient (Wildman–Crippen LogP) is 3.02. The molecule has 4 heteroatoms. The zero-order chi connectivity index (χ0) is 13.7. The zero-order valence-corrected chi connectivity index (χ0v) is 11.4. The smallest absolute Gasteiger partial charge is 0.184 e. The fourth-order valence-electron chi connectivity index (χ4n) is 1.93. The number of hydrogen-bond donors (Lipinski definition) is 1. The first kappa shape index (κ1) is 13.2. The van der Waals surface area contributed by atoms with Crippen LogP contribution in [0.4, 0.5) is 5.69 Å². The van der Waals surface area contributed by atoms with Crippen molar-refractivity contribution in [1.82, 2.24) is 4.98 Å². The van der Waals surface area contributed by atoms with Gasteiger partial charge in [-0.3, -0.25) is 4.98 Å². The number of pyridine rings is 1. The van der Waals surface area contributed by atoms with Crippen LogP contribution in [0, 0.1) is 6.92 Å². The molecule has 2 rings (SSSR count). The van der Waals surface area contributed by atoms with Crippen LogP contribution in [-0.4, -0.2) is 19.2 Å². The molecule has 4 nitrogen and oxygen atoms in total. The minimum Gasteiger partial charge on any atom is -0.493 e. The Hall–Kier alpha value is -2.23. The van der Waals surface area contributed by atoms with Gasteiger partial charge in [0.15, 0.2) is 11.5 Å². The number of rotatable bonds is 5. The lowest BCUT2D eigenvalue weighted by molar-refractivity contribution is 0.350. The number of nitrogens with one attached hydrogen (secondary N) is 1. The first-order chi connectivity index (χ1) is 9.26. The number of benzene rings is 1. The fourth-order valence-corrected chi connectivity index (χ4v) is 1.93. The van der Waals surface area contributed by atoms with Crippen molar-refractivity contribution < 1.29 is 9.47 Å². The van der Waals surface area contributed by atoms with Gasteiger partial charge < -0.3 is 14.8 Å². The summed E-state index contributed by atoms with van der Waals surface area (Å²) < 4.78 is 10.6. The van der Waals surface area contributed by atoms with Crippen molar-refractivity contribution in [2.45, 2.75) is 13.5 Å². The van der Waals surface area contributed by atoms with Gasteiger partial charge in [0.25, 0.3) is 0 Å². The average molecular weight is 258 g/mol. The number of nitrogens with zero attached hydrogens (tertiary/aromatic N) is 1. The van der Waals surface area contributed by atoms with E-state index >= 15 is 0 Å². The molecule has 1 aromatic carbocycles. The monoisotopic (exact) mass is 258 g/mol. The molecule has 0 bridgehead atoms. The Balaban J connectivity index is 2.18. The Morgan fingerprint density at radius 1 is 1.11 bits per heavy atom. The molecule has 0 unspecified atom stereocenters. The van der Waals surface area contributed by atoms with E-state index in [0.717, 1.165) is 11.4 Å². The highest BCUT2D eigenvalue weighted by Crippen LogP contribution is 2.29. The maximum atomic E-state index is 5.36. The lowest BCUT2D eigenvalue weighted by Gasteiger charge is -2.13. The van der Waals surface area contributed by atoms with Crippen LogP contribution in [0.3, 0.4) is 0 Å². The number of aromatic nitrogens is 1. The number of methoxy groups -OCH3 is 2. The van der Waals surface area contributed by atoms with Gasteiger partial charge in [0.1, 0.15) is 5.69 Å². The van der Waals surface area contributed by atoms with Gasteiger partial charge in [0.05, 0.1) is 20.8 Å². The lowest BCUT2D eigenvalue weighted by Crippen LogP contribution is -2.06. The summed E-state index contributed by atoms with van der Waals surface area (Å²) >= 11 is 0. The molecule has 1 aromatic heterocycles. The van der Waals surface area contributed by atoms with E-state index < -0.39 is 0 Å². The van der Waals surface area contributed by atoms with E-state index in [4.69, 9.17) is 9.47 Å². The summed E-state index contributed by atoms with van der Waals surface area (Å²) in [6.45, 7) is 2.66. The Morgan fingerprint density at radius 3 is 2.58 bits per heavy atom. The summed E-state index contributed by atoms with van der Waals surface area (Å²) in [6.07, 6.45) is 1.72. The van der Waals surface area contributed by atoms with Crippen LogP contribution >= 0.6 is 0 Å². The molecular formula is C15H18N2O2. The molecule has 0 saturated heterocycles. The van der Waals surface area contributed by atoms with Crippen LogP contribution in [-0.2, 0) is 6.54 Å². The number of hydrogen-bond acceptors (Lipinski definition) is 4. The SMILES string of the molecule is COc1ccnc(CNc2ccccc2C)c1OC. The van der Waals surface area contributed by atoms with E-state index in [1.165, 1.54) is 5.56 Å². The predicted molar refractivity (Wildman–Crippen MR) is 75.8 cm³/mol. The van der Waals surface area contributed by atoms with Crippen molar-refractivity contribution in [3.05, 3.63) is 47.8 Å². The molecular weight excluding hydrogens is 240 g/mol. The van der Waals surface area contributed by atoms with Crippen LogP contribution in [0.1, 0.15) is 11.3 Å². The maximum Gasteiger partial charge on any atom is 0.184 e. The Labute approximate surface area is 113 Å². The third-order valence-electron chi connectivity index (χ3n) is 2.96. The molecule has 100 valence electrons. The largest absolute Gasteiger partial charge is 0.493 e. The quantitative estimate of drug-likeness (QED) is 0.895. The maximum absolute atomic E-state index is 5.36. The lowest BCUT2D eigenvalue weighted by atomic mass is 10.2. The second-order valence-electron chi connectivity index (χ2n) is 4.16. The highest BCUT2D eigenvalue weighted by molar-refractivity contribution is 5.51.